The summed E-state index contributed by atoms with van der Waals surface area (Å²) in [6.07, 6.45) is 0.548. The van der Waals surface area contributed by atoms with Crippen LogP contribution in [0.5, 0.6) is 5.88 Å². The predicted molar refractivity (Wildman–Crippen MR) is 109 cm³/mol. The zero-order valence-electron chi connectivity index (χ0n) is 13.9. The second-order valence-corrected chi connectivity index (χ2v) is 7.37. The van der Waals surface area contributed by atoms with E-state index in [1.54, 1.807) is 18.2 Å². The Morgan fingerprint density at radius 2 is 1.81 bits per heavy atom. The van der Waals surface area contributed by atoms with Crippen molar-refractivity contribution in [1.82, 2.24) is 19.6 Å². The molecule has 0 aliphatic rings. The summed E-state index contributed by atoms with van der Waals surface area (Å²) in [5.74, 6) is 0.812. The van der Waals surface area contributed by atoms with Crippen molar-refractivity contribution in [3.8, 4) is 5.88 Å². The zero-order chi connectivity index (χ0) is 19.0. The lowest BCUT2D eigenvalue weighted by molar-refractivity contribution is 0.433. The molecule has 0 amide bonds. The smallest absolute Gasteiger partial charge is 0.255 e. The van der Waals surface area contributed by atoms with Crippen molar-refractivity contribution in [2.45, 2.75) is 11.7 Å². The molecule has 0 radical (unpaired) electrons. The lowest BCUT2D eigenvalue weighted by Gasteiger charge is -2.13. The Bertz CT molecular complexity index is 1120. The van der Waals surface area contributed by atoms with Crippen molar-refractivity contribution >= 4 is 41.6 Å². The Morgan fingerprint density at radius 1 is 1.04 bits per heavy atom. The van der Waals surface area contributed by atoms with Gasteiger partial charge in [0, 0.05) is 22.5 Å². The molecule has 2 aromatic carbocycles. The maximum Gasteiger partial charge on any atom is 0.255 e. The van der Waals surface area contributed by atoms with Crippen molar-refractivity contribution in [2.75, 3.05) is 0 Å². The van der Waals surface area contributed by atoms with Crippen LogP contribution < -0.4 is 0 Å². The molecule has 8 heteroatoms. The number of thiol groups is 1. The van der Waals surface area contributed by atoms with Crippen LogP contribution in [0.4, 0.5) is 0 Å². The number of hydrogen-bond acceptors (Lipinski definition) is 5. The monoisotopic (exact) mass is 416 g/mol. The molecule has 0 aliphatic heterocycles. The molecule has 2 aromatic heterocycles. The van der Waals surface area contributed by atoms with E-state index in [1.807, 2.05) is 30.3 Å². The molecule has 2 heterocycles. The van der Waals surface area contributed by atoms with E-state index in [4.69, 9.17) is 23.2 Å². The Hall–Kier alpha value is -2.28. The van der Waals surface area contributed by atoms with Crippen molar-refractivity contribution in [1.29, 1.82) is 0 Å². The Morgan fingerprint density at radius 3 is 2.56 bits per heavy atom. The first-order chi connectivity index (χ1) is 13.0. The zero-order valence-corrected chi connectivity index (χ0v) is 16.3. The Balaban J connectivity index is 1.70. The SMILES string of the molecule is Oc1cc(C(S)c2ccc(Cl)cc2Cl)nc2nc(Cc3ccccc3)nn12. The van der Waals surface area contributed by atoms with Gasteiger partial charge in [0.25, 0.3) is 5.78 Å². The van der Waals surface area contributed by atoms with Crippen LogP contribution in [0.2, 0.25) is 10.0 Å². The molecule has 0 saturated heterocycles. The Kier molecular flexibility index (Phi) is 4.95. The fourth-order valence-corrected chi connectivity index (χ4v) is 3.74. The molecule has 1 atom stereocenters. The third kappa shape index (κ3) is 3.74. The largest absolute Gasteiger partial charge is 0.493 e. The van der Waals surface area contributed by atoms with Crippen LogP contribution in [0.3, 0.4) is 0 Å². The second kappa shape index (κ2) is 7.38. The summed E-state index contributed by atoms with van der Waals surface area (Å²) in [5, 5.41) is 15.3. The van der Waals surface area contributed by atoms with E-state index in [0.29, 0.717) is 33.8 Å². The van der Waals surface area contributed by atoms with Gasteiger partial charge in [-0.15, -0.1) is 5.10 Å². The van der Waals surface area contributed by atoms with Crippen molar-refractivity contribution in [3.63, 3.8) is 0 Å². The summed E-state index contributed by atoms with van der Waals surface area (Å²) in [6, 6.07) is 16.5. The molecule has 5 nitrogen and oxygen atoms in total. The lowest BCUT2D eigenvalue weighted by atomic mass is 10.1. The highest BCUT2D eigenvalue weighted by Crippen LogP contribution is 2.35. The van der Waals surface area contributed by atoms with Crippen LogP contribution in [0, 0.1) is 0 Å². The number of halogens is 2. The van der Waals surface area contributed by atoms with Gasteiger partial charge in [0.15, 0.2) is 5.82 Å². The topological polar surface area (TPSA) is 63.3 Å². The minimum Gasteiger partial charge on any atom is -0.493 e. The van der Waals surface area contributed by atoms with E-state index in [9.17, 15) is 5.11 Å². The molecule has 0 saturated carbocycles. The first-order valence-electron chi connectivity index (χ1n) is 8.14. The first kappa shape index (κ1) is 18.1. The van der Waals surface area contributed by atoms with Gasteiger partial charge in [-0.3, -0.25) is 0 Å². The van der Waals surface area contributed by atoms with E-state index < -0.39 is 5.25 Å². The van der Waals surface area contributed by atoms with Crippen molar-refractivity contribution in [3.05, 3.63) is 87.3 Å². The quantitative estimate of drug-likeness (QED) is 0.471. The predicted octanol–water partition coefficient (Wildman–Crippen LogP) is 4.75. The van der Waals surface area contributed by atoms with Crippen LogP contribution in [-0.4, -0.2) is 24.7 Å². The van der Waals surface area contributed by atoms with Gasteiger partial charge in [-0.2, -0.15) is 22.1 Å². The molecule has 1 N–H and O–H groups in total. The van der Waals surface area contributed by atoms with Gasteiger partial charge < -0.3 is 5.11 Å². The maximum atomic E-state index is 10.4. The number of aromatic hydroxyl groups is 1. The van der Waals surface area contributed by atoms with Gasteiger partial charge in [-0.05, 0) is 23.3 Å². The third-order valence-corrected chi connectivity index (χ3v) is 5.20. The van der Waals surface area contributed by atoms with Crippen molar-refractivity contribution in [2.24, 2.45) is 0 Å². The summed E-state index contributed by atoms with van der Waals surface area (Å²) in [7, 11) is 0. The fraction of sp³-hybridized carbons (Fsp3) is 0.105. The normalized spacial score (nSPS) is 12.4. The van der Waals surface area contributed by atoms with Gasteiger partial charge in [0.05, 0.1) is 10.9 Å². The van der Waals surface area contributed by atoms with Crippen LogP contribution in [0.15, 0.2) is 54.6 Å². The maximum absolute atomic E-state index is 10.4. The molecule has 0 fully saturated rings. The fourth-order valence-electron chi connectivity index (χ4n) is 2.79. The van der Waals surface area contributed by atoms with Gasteiger partial charge in [0.2, 0.25) is 5.88 Å². The molecule has 4 rings (SSSR count). The van der Waals surface area contributed by atoms with E-state index in [0.717, 1.165) is 11.1 Å². The molecule has 4 aromatic rings. The molecule has 27 heavy (non-hydrogen) atoms. The average molecular weight is 417 g/mol. The number of aromatic nitrogens is 4. The van der Waals surface area contributed by atoms with Crippen molar-refractivity contribution < 1.29 is 5.11 Å². The molecule has 0 spiro atoms. The van der Waals surface area contributed by atoms with Crippen LogP contribution >= 0.6 is 35.8 Å². The molecule has 0 aliphatic carbocycles. The number of hydrogen-bond donors (Lipinski definition) is 2. The van der Waals surface area contributed by atoms with Crippen LogP contribution in [-0.2, 0) is 6.42 Å². The minimum atomic E-state index is -0.444. The molecular weight excluding hydrogens is 403 g/mol. The average Bonchev–Trinajstić information content (AvgIpc) is 3.05. The van der Waals surface area contributed by atoms with E-state index in [-0.39, 0.29) is 5.88 Å². The van der Waals surface area contributed by atoms with Gasteiger partial charge in [0.1, 0.15) is 0 Å². The number of fused-ring (bicyclic) bond motifs is 1. The summed E-state index contributed by atoms with van der Waals surface area (Å²) in [5.41, 5.74) is 2.34. The summed E-state index contributed by atoms with van der Waals surface area (Å²) in [6.45, 7) is 0. The third-order valence-electron chi connectivity index (χ3n) is 4.10. The second-order valence-electron chi connectivity index (χ2n) is 6.01. The molecule has 0 bridgehead atoms. The highest BCUT2D eigenvalue weighted by atomic mass is 35.5. The van der Waals surface area contributed by atoms with Crippen LogP contribution in [0.1, 0.15) is 27.9 Å². The van der Waals surface area contributed by atoms with Gasteiger partial charge in [-0.25, -0.2) is 4.98 Å². The minimum absolute atomic E-state index is 0.0639. The van der Waals surface area contributed by atoms with Gasteiger partial charge >= 0.3 is 0 Å². The number of benzene rings is 2. The molecule has 1 unspecified atom stereocenters. The highest BCUT2D eigenvalue weighted by molar-refractivity contribution is 7.80. The standard InChI is InChI=1S/C19H14Cl2N4OS/c20-12-6-7-13(14(21)9-12)18(27)15-10-17(26)25-19(22-15)23-16(24-25)8-11-4-2-1-3-5-11/h1-7,9-10,18,26-27H,8H2. The molecule has 136 valence electrons. The number of rotatable bonds is 4. The molecular formula is C19H14Cl2N4OS. The summed E-state index contributed by atoms with van der Waals surface area (Å²) in [4.78, 5) is 8.93. The number of nitrogens with zero attached hydrogens (tertiary/aromatic N) is 4. The summed E-state index contributed by atoms with van der Waals surface area (Å²) >= 11 is 16.8. The first-order valence-corrected chi connectivity index (χ1v) is 9.41. The summed E-state index contributed by atoms with van der Waals surface area (Å²) < 4.78 is 1.31. The van der Waals surface area contributed by atoms with E-state index >= 15 is 0 Å². The van der Waals surface area contributed by atoms with Crippen LogP contribution in [0.25, 0.3) is 5.78 Å². The highest BCUT2D eigenvalue weighted by Gasteiger charge is 2.19. The van der Waals surface area contributed by atoms with Gasteiger partial charge in [-0.1, -0.05) is 59.6 Å². The Labute approximate surface area is 171 Å². The van der Waals surface area contributed by atoms with E-state index in [2.05, 4.69) is 27.7 Å². The van der Waals surface area contributed by atoms with E-state index in [1.165, 1.54) is 10.6 Å². The lowest BCUT2D eigenvalue weighted by Crippen LogP contribution is -2.01.